The summed E-state index contributed by atoms with van der Waals surface area (Å²) >= 11 is 0. The fourth-order valence-electron chi connectivity index (χ4n) is 4.17. The molecule has 1 saturated heterocycles. The summed E-state index contributed by atoms with van der Waals surface area (Å²) in [5.74, 6) is -1.97. The predicted octanol–water partition coefficient (Wildman–Crippen LogP) is 4.69. The third-order valence-electron chi connectivity index (χ3n) is 6.22. The number of ketones is 1. The van der Waals surface area contributed by atoms with E-state index in [9.17, 15) is 32.3 Å². The summed E-state index contributed by atoms with van der Waals surface area (Å²) in [6, 6.07) is 5.97. The van der Waals surface area contributed by atoms with Crippen LogP contribution in [0.2, 0.25) is 0 Å². The van der Waals surface area contributed by atoms with Crippen molar-refractivity contribution < 1.29 is 37.0 Å². The maximum atomic E-state index is 14.8. The van der Waals surface area contributed by atoms with Gasteiger partial charge in [-0.2, -0.15) is 13.2 Å². The van der Waals surface area contributed by atoms with Gasteiger partial charge in [-0.25, -0.2) is 4.39 Å². The molecule has 4 rings (SSSR count). The van der Waals surface area contributed by atoms with Gasteiger partial charge in [0.1, 0.15) is 11.6 Å². The Morgan fingerprint density at radius 2 is 1.95 bits per heavy atom. The van der Waals surface area contributed by atoms with Gasteiger partial charge in [0.05, 0.1) is 53.6 Å². The molecule has 1 atom stereocenters. The number of Topliss-reactive ketones (excluding diaryl/α,β-unsaturated/α-hetero) is 1. The van der Waals surface area contributed by atoms with E-state index in [2.05, 4.69) is 20.6 Å². The molecule has 1 amide bonds. The summed E-state index contributed by atoms with van der Waals surface area (Å²) in [5.41, 5.74) is -1.92. The fourth-order valence-corrected chi connectivity index (χ4v) is 4.17. The number of pyridine rings is 2. The van der Waals surface area contributed by atoms with Crippen LogP contribution < -0.4 is 10.6 Å². The Hall–Kier alpha value is -4.06. The molecule has 1 aromatic carbocycles. The van der Waals surface area contributed by atoms with Crippen LogP contribution in [-0.2, 0) is 22.3 Å². The molecule has 8 nitrogen and oxygen atoms in total. The zero-order valence-electron chi connectivity index (χ0n) is 20.2. The van der Waals surface area contributed by atoms with Crippen LogP contribution in [0.1, 0.15) is 40.0 Å². The van der Waals surface area contributed by atoms with Crippen molar-refractivity contribution in [3.63, 3.8) is 0 Å². The number of amides is 1. The van der Waals surface area contributed by atoms with Crippen LogP contribution >= 0.6 is 0 Å². The van der Waals surface area contributed by atoms with Gasteiger partial charge in [0.25, 0.3) is 0 Å². The SMILES string of the molecule is Cc1ccc(Nc2cnc(CNC(=O)[C@]3(CC(=O)c4cncc(O)c4)CCOC3)c(F)c2)c(C(F)(F)F)c1. The number of carbonyl (C=O) groups is 2. The summed E-state index contributed by atoms with van der Waals surface area (Å²) in [5, 5.41) is 14.7. The normalized spacial score (nSPS) is 17.3. The molecule has 0 aliphatic carbocycles. The summed E-state index contributed by atoms with van der Waals surface area (Å²) in [6.07, 6.45) is -0.932. The molecule has 0 saturated carbocycles. The van der Waals surface area contributed by atoms with E-state index in [1.807, 2.05) is 0 Å². The number of aromatic nitrogens is 2. The second kappa shape index (κ2) is 10.7. The first-order valence-electron chi connectivity index (χ1n) is 11.6. The molecule has 1 fully saturated rings. The maximum absolute atomic E-state index is 14.8. The predicted molar refractivity (Wildman–Crippen MR) is 128 cm³/mol. The Kier molecular flexibility index (Phi) is 7.63. The Morgan fingerprint density at radius 1 is 1.16 bits per heavy atom. The second-order valence-corrected chi connectivity index (χ2v) is 9.12. The number of aromatic hydroxyl groups is 1. The smallest absolute Gasteiger partial charge is 0.418 e. The zero-order chi connectivity index (χ0) is 27.5. The van der Waals surface area contributed by atoms with E-state index in [1.54, 1.807) is 0 Å². The van der Waals surface area contributed by atoms with E-state index >= 15 is 0 Å². The number of rotatable bonds is 8. The highest BCUT2D eigenvalue weighted by Crippen LogP contribution is 2.37. The van der Waals surface area contributed by atoms with Crippen molar-refractivity contribution in [3.8, 4) is 5.75 Å². The van der Waals surface area contributed by atoms with Crippen LogP contribution in [0.25, 0.3) is 0 Å². The number of carbonyl (C=O) groups excluding carboxylic acids is 2. The van der Waals surface area contributed by atoms with Crippen LogP contribution in [0.3, 0.4) is 0 Å². The van der Waals surface area contributed by atoms with Crippen LogP contribution in [0.5, 0.6) is 5.75 Å². The highest BCUT2D eigenvalue weighted by Gasteiger charge is 2.44. The van der Waals surface area contributed by atoms with Crippen molar-refractivity contribution >= 4 is 23.1 Å². The Bertz CT molecular complexity index is 1360. The lowest BCUT2D eigenvalue weighted by molar-refractivity contribution is -0.137. The van der Waals surface area contributed by atoms with E-state index in [0.29, 0.717) is 5.56 Å². The largest absolute Gasteiger partial charge is 0.506 e. The molecule has 1 aliphatic heterocycles. The number of hydrogen-bond donors (Lipinski definition) is 3. The van der Waals surface area contributed by atoms with Gasteiger partial charge >= 0.3 is 6.18 Å². The molecular weight excluding hydrogens is 508 g/mol. The number of hydrogen-bond acceptors (Lipinski definition) is 7. The van der Waals surface area contributed by atoms with Gasteiger partial charge in [0.2, 0.25) is 5.91 Å². The molecule has 12 heteroatoms. The van der Waals surface area contributed by atoms with E-state index in [-0.39, 0.29) is 61.0 Å². The van der Waals surface area contributed by atoms with E-state index < -0.39 is 34.7 Å². The van der Waals surface area contributed by atoms with Crippen LogP contribution in [0.4, 0.5) is 28.9 Å². The highest BCUT2D eigenvalue weighted by atomic mass is 19.4. The summed E-state index contributed by atoms with van der Waals surface area (Å²) in [7, 11) is 0. The van der Waals surface area contributed by atoms with Crippen molar-refractivity contribution in [2.45, 2.75) is 32.5 Å². The molecule has 3 heterocycles. The minimum Gasteiger partial charge on any atom is -0.506 e. The number of nitrogens with one attached hydrogen (secondary N) is 2. The van der Waals surface area contributed by atoms with Crippen molar-refractivity contribution in [2.24, 2.45) is 5.41 Å². The highest BCUT2D eigenvalue weighted by molar-refractivity contribution is 6.00. The topological polar surface area (TPSA) is 113 Å². The lowest BCUT2D eigenvalue weighted by atomic mass is 9.80. The minimum absolute atomic E-state index is 0.00193. The minimum atomic E-state index is -4.61. The van der Waals surface area contributed by atoms with Crippen LogP contribution in [0, 0.1) is 18.2 Å². The summed E-state index contributed by atoms with van der Waals surface area (Å²) < 4.78 is 60.3. The first-order chi connectivity index (χ1) is 18.0. The number of nitrogens with zero attached hydrogens (tertiary/aromatic N) is 2. The Balaban J connectivity index is 1.44. The molecule has 1 aliphatic rings. The quantitative estimate of drug-likeness (QED) is 0.285. The molecule has 0 bridgehead atoms. The average molecular weight is 532 g/mol. The number of ether oxygens (including phenoxy) is 1. The zero-order valence-corrected chi connectivity index (χ0v) is 20.2. The third kappa shape index (κ3) is 6.08. The summed E-state index contributed by atoms with van der Waals surface area (Å²) in [4.78, 5) is 33.6. The van der Waals surface area contributed by atoms with Gasteiger partial charge in [0.15, 0.2) is 5.78 Å². The molecular formula is C26H24F4N4O4. The molecule has 0 radical (unpaired) electrons. The van der Waals surface area contributed by atoms with Crippen molar-refractivity contribution in [2.75, 3.05) is 18.5 Å². The van der Waals surface area contributed by atoms with Gasteiger partial charge < -0.3 is 20.5 Å². The Labute approximate surface area is 215 Å². The van der Waals surface area contributed by atoms with Gasteiger partial charge in [-0.3, -0.25) is 19.6 Å². The summed E-state index contributed by atoms with van der Waals surface area (Å²) in [6.45, 7) is 1.45. The van der Waals surface area contributed by atoms with Gasteiger partial charge in [0, 0.05) is 30.9 Å². The van der Waals surface area contributed by atoms with Gasteiger partial charge in [-0.15, -0.1) is 0 Å². The molecule has 0 spiro atoms. The standard InChI is InChI=1S/C26H24F4N4O4/c1-15-2-3-21(19(6-15)26(28,29)30)34-17-8-20(27)22(32-11-17)13-33-24(37)25(4-5-38-14-25)9-23(36)16-7-18(35)12-31-10-16/h2-3,6-8,10-12,34-35H,4-5,9,13-14H2,1H3,(H,33,37)/t25-/m0/s1. The van der Waals surface area contributed by atoms with Crippen molar-refractivity contribution in [1.29, 1.82) is 0 Å². The van der Waals surface area contributed by atoms with E-state index in [4.69, 9.17) is 4.74 Å². The Morgan fingerprint density at radius 3 is 2.61 bits per heavy atom. The average Bonchev–Trinajstić information content (AvgIpc) is 3.33. The van der Waals surface area contributed by atoms with E-state index in [1.165, 1.54) is 37.5 Å². The molecule has 2 aromatic heterocycles. The lowest BCUT2D eigenvalue weighted by Crippen LogP contribution is -2.43. The van der Waals surface area contributed by atoms with E-state index in [0.717, 1.165) is 18.3 Å². The molecule has 38 heavy (non-hydrogen) atoms. The fraction of sp³-hybridized carbons (Fsp3) is 0.308. The van der Waals surface area contributed by atoms with Gasteiger partial charge in [-0.05, 0) is 31.5 Å². The number of benzene rings is 1. The third-order valence-corrected chi connectivity index (χ3v) is 6.22. The first-order valence-corrected chi connectivity index (χ1v) is 11.6. The molecule has 200 valence electrons. The van der Waals surface area contributed by atoms with Crippen LogP contribution in [-0.4, -0.2) is 40.0 Å². The number of aryl methyl sites for hydroxylation is 1. The van der Waals surface area contributed by atoms with Crippen LogP contribution in [0.15, 0.2) is 48.9 Å². The maximum Gasteiger partial charge on any atom is 0.418 e. The van der Waals surface area contributed by atoms with Crippen molar-refractivity contribution in [1.82, 2.24) is 15.3 Å². The number of anilines is 2. The number of alkyl halides is 3. The second-order valence-electron chi connectivity index (χ2n) is 9.12. The van der Waals surface area contributed by atoms with Gasteiger partial charge in [-0.1, -0.05) is 11.6 Å². The molecule has 3 aromatic rings. The lowest BCUT2D eigenvalue weighted by Gasteiger charge is -2.25. The number of halogens is 4. The molecule has 3 N–H and O–H groups in total. The van der Waals surface area contributed by atoms with Crippen molar-refractivity contribution in [3.05, 3.63) is 77.1 Å². The monoisotopic (exact) mass is 532 g/mol. The molecule has 0 unspecified atom stereocenters. The first kappa shape index (κ1) is 27.0.